The number of benzene rings is 1. The molecule has 0 radical (unpaired) electrons. The lowest BCUT2D eigenvalue weighted by molar-refractivity contribution is -0.159. The zero-order valence-electron chi connectivity index (χ0n) is 10.8. The molecule has 4 nitrogen and oxygen atoms in total. The molecule has 2 rings (SSSR count). The van der Waals surface area contributed by atoms with E-state index in [1.54, 1.807) is 24.3 Å². The summed E-state index contributed by atoms with van der Waals surface area (Å²) in [5, 5.41) is 2.26. The quantitative estimate of drug-likeness (QED) is 0.861. The van der Waals surface area contributed by atoms with Crippen molar-refractivity contribution in [2.45, 2.75) is 18.3 Å². The van der Waals surface area contributed by atoms with E-state index in [4.69, 9.17) is 4.74 Å². The molecule has 1 heterocycles. The van der Waals surface area contributed by atoms with Gasteiger partial charge in [-0.2, -0.15) is 13.2 Å². The first kappa shape index (κ1) is 14.8. The van der Waals surface area contributed by atoms with Crippen LogP contribution in [0.3, 0.4) is 0 Å². The van der Waals surface area contributed by atoms with E-state index in [0.717, 1.165) is 7.11 Å². The van der Waals surface area contributed by atoms with Crippen molar-refractivity contribution in [3.63, 3.8) is 0 Å². The maximum absolute atomic E-state index is 12.5. The lowest BCUT2D eigenvalue weighted by atomic mass is 9.85. The number of rotatable bonds is 3. The van der Waals surface area contributed by atoms with Gasteiger partial charge in [0.1, 0.15) is 0 Å². The van der Waals surface area contributed by atoms with Crippen LogP contribution in [0.5, 0.6) is 0 Å². The van der Waals surface area contributed by atoms with Crippen molar-refractivity contribution in [1.82, 2.24) is 5.32 Å². The van der Waals surface area contributed by atoms with Crippen molar-refractivity contribution in [1.29, 1.82) is 0 Å². The molecule has 110 valence electrons. The van der Waals surface area contributed by atoms with Gasteiger partial charge in [-0.25, -0.2) is 4.79 Å². The van der Waals surface area contributed by atoms with Crippen LogP contribution in [-0.4, -0.2) is 32.4 Å². The molecule has 7 heteroatoms. The molecule has 1 aromatic rings. The minimum Gasteiger partial charge on any atom is -0.467 e. The van der Waals surface area contributed by atoms with Crippen molar-refractivity contribution >= 4 is 5.97 Å². The number of alkyl halides is 3. The number of carbonyl (C=O) groups excluding carboxylic acids is 1. The molecule has 0 spiro atoms. The van der Waals surface area contributed by atoms with E-state index < -0.39 is 24.2 Å². The second-order valence-corrected chi connectivity index (χ2v) is 4.52. The van der Waals surface area contributed by atoms with Gasteiger partial charge in [-0.05, 0) is 11.1 Å². The SMILES string of the molecule is COC(=O)C1(NCC(F)(F)F)COCc2ccccc21. The molecule has 0 saturated heterocycles. The molecule has 1 atom stereocenters. The Hall–Kier alpha value is -1.60. The average Bonchev–Trinajstić information content (AvgIpc) is 2.43. The van der Waals surface area contributed by atoms with Crippen LogP contribution < -0.4 is 5.32 Å². The van der Waals surface area contributed by atoms with Gasteiger partial charge in [0.15, 0.2) is 5.54 Å². The zero-order valence-corrected chi connectivity index (χ0v) is 10.8. The predicted molar refractivity (Wildman–Crippen MR) is 63.8 cm³/mol. The van der Waals surface area contributed by atoms with E-state index in [1.165, 1.54) is 0 Å². The first-order valence-corrected chi connectivity index (χ1v) is 5.95. The van der Waals surface area contributed by atoms with Crippen molar-refractivity contribution < 1.29 is 27.4 Å². The minimum atomic E-state index is -4.44. The van der Waals surface area contributed by atoms with Crippen molar-refractivity contribution in [3.8, 4) is 0 Å². The molecular weight excluding hydrogens is 275 g/mol. The van der Waals surface area contributed by atoms with Crippen LogP contribution in [-0.2, 0) is 26.4 Å². The number of methoxy groups -OCH3 is 1. The lowest BCUT2D eigenvalue weighted by Crippen LogP contribution is -2.57. The normalized spacial score (nSPS) is 22.2. The summed E-state index contributed by atoms with van der Waals surface area (Å²) in [4.78, 5) is 12.0. The highest BCUT2D eigenvalue weighted by Crippen LogP contribution is 2.32. The standard InChI is InChI=1S/C13H14F3NO3/c1-19-11(18)12(17-7-13(14,15)16)8-20-6-9-4-2-3-5-10(9)12/h2-5,17H,6-8H2,1H3. The monoisotopic (exact) mass is 289 g/mol. The Labute approximate surface area is 113 Å². The fourth-order valence-corrected chi connectivity index (χ4v) is 2.27. The molecule has 1 N–H and O–H groups in total. The number of halogens is 3. The van der Waals surface area contributed by atoms with E-state index in [0.29, 0.717) is 11.1 Å². The summed E-state index contributed by atoms with van der Waals surface area (Å²) in [5.41, 5.74) is -0.500. The first-order valence-electron chi connectivity index (χ1n) is 5.95. The predicted octanol–water partition coefficient (Wildman–Crippen LogP) is 1.74. The average molecular weight is 289 g/mol. The summed E-state index contributed by atoms with van der Waals surface area (Å²) < 4.78 is 47.3. The molecule has 1 aromatic carbocycles. The topological polar surface area (TPSA) is 47.6 Å². The Morgan fingerprint density at radius 1 is 1.45 bits per heavy atom. The molecule has 0 bridgehead atoms. The smallest absolute Gasteiger partial charge is 0.401 e. The highest BCUT2D eigenvalue weighted by Gasteiger charge is 2.47. The number of hydrogen-bond donors (Lipinski definition) is 1. The lowest BCUT2D eigenvalue weighted by Gasteiger charge is -2.37. The second kappa shape index (κ2) is 5.41. The van der Waals surface area contributed by atoms with Gasteiger partial charge in [-0.15, -0.1) is 0 Å². The van der Waals surface area contributed by atoms with Gasteiger partial charge in [0, 0.05) is 0 Å². The summed E-state index contributed by atoms with van der Waals surface area (Å²) in [6.07, 6.45) is -4.44. The van der Waals surface area contributed by atoms with E-state index in [-0.39, 0.29) is 13.2 Å². The van der Waals surface area contributed by atoms with E-state index in [1.807, 2.05) is 0 Å². The summed E-state index contributed by atoms with van der Waals surface area (Å²) in [6.45, 7) is -1.25. The number of esters is 1. The van der Waals surface area contributed by atoms with Crippen LogP contribution in [0.1, 0.15) is 11.1 Å². The highest BCUT2D eigenvalue weighted by molar-refractivity contribution is 5.83. The summed E-state index contributed by atoms with van der Waals surface area (Å²) in [5.74, 6) is -0.797. The second-order valence-electron chi connectivity index (χ2n) is 4.52. The molecule has 1 aliphatic heterocycles. The van der Waals surface area contributed by atoms with Crippen LogP contribution >= 0.6 is 0 Å². The van der Waals surface area contributed by atoms with E-state index in [9.17, 15) is 18.0 Å². The maximum Gasteiger partial charge on any atom is 0.401 e. The minimum absolute atomic E-state index is 0.202. The van der Waals surface area contributed by atoms with E-state index in [2.05, 4.69) is 10.1 Å². The molecule has 0 saturated carbocycles. The summed E-state index contributed by atoms with van der Waals surface area (Å²) in [6, 6.07) is 6.72. The van der Waals surface area contributed by atoms with Gasteiger partial charge < -0.3 is 9.47 Å². The zero-order chi connectivity index (χ0) is 14.8. The Bertz CT molecular complexity index is 504. The fraction of sp³-hybridized carbons (Fsp3) is 0.462. The Morgan fingerprint density at radius 2 is 2.15 bits per heavy atom. The molecule has 0 aromatic heterocycles. The molecule has 0 fully saturated rings. The molecule has 20 heavy (non-hydrogen) atoms. The molecule has 0 amide bonds. The number of carbonyl (C=O) groups is 1. The van der Waals surface area contributed by atoms with Gasteiger partial charge >= 0.3 is 12.1 Å². The molecule has 1 unspecified atom stereocenters. The highest BCUT2D eigenvalue weighted by atomic mass is 19.4. The molecule has 1 aliphatic rings. The number of fused-ring (bicyclic) bond motifs is 1. The van der Waals surface area contributed by atoms with Gasteiger partial charge in [-0.3, -0.25) is 5.32 Å². The van der Waals surface area contributed by atoms with Crippen LogP contribution in [0.4, 0.5) is 13.2 Å². The largest absolute Gasteiger partial charge is 0.467 e. The van der Waals surface area contributed by atoms with Crippen LogP contribution in [0.25, 0.3) is 0 Å². The number of ether oxygens (including phenoxy) is 2. The van der Waals surface area contributed by atoms with Crippen LogP contribution in [0.15, 0.2) is 24.3 Å². The Kier molecular flexibility index (Phi) is 4.01. The molecule has 0 aliphatic carbocycles. The van der Waals surface area contributed by atoms with Crippen molar-refractivity contribution in [2.75, 3.05) is 20.3 Å². The van der Waals surface area contributed by atoms with Crippen molar-refractivity contribution in [3.05, 3.63) is 35.4 Å². The molecular formula is C13H14F3NO3. The van der Waals surface area contributed by atoms with Gasteiger partial charge in [0.05, 0.1) is 26.9 Å². The number of hydrogen-bond acceptors (Lipinski definition) is 4. The fourth-order valence-electron chi connectivity index (χ4n) is 2.27. The third-order valence-electron chi connectivity index (χ3n) is 3.18. The first-order chi connectivity index (χ1) is 9.39. The van der Waals surface area contributed by atoms with Crippen LogP contribution in [0, 0.1) is 0 Å². The third kappa shape index (κ3) is 2.78. The maximum atomic E-state index is 12.5. The van der Waals surface area contributed by atoms with Gasteiger partial charge in [-0.1, -0.05) is 24.3 Å². The Morgan fingerprint density at radius 3 is 2.80 bits per heavy atom. The number of nitrogens with one attached hydrogen (secondary N) is 1. The third-order valence-corrected chi connectivity index (χ3v) is 3.18. The van der Waals surface area contributed by atoms with Gasteiger partial charge in [0.2, 0.25) is 0 Å². The summed E-state index contributed by atoms with van der Waals surface area (Å²) >= 11 is 0. The van der Waals surface area contributed by atoms with Gasteiger partial charge in [0.25, 0.3) is 0 Å². The Balaban J connectivity index is 2.41. The van der Waals surface area contributed by atoms with Crippen LogP contribution in [0.2, 0.25) is 0 Å². The van der Waals surface area contributed by atoms with E-state index >= 15 is 0 Å². The van der Waals surface area contributed by atoms with Crippen molar-refractivity contribution in [2.24, 2.45) is 0 Å². The summed E-state index contributed by atoms with van der Waals surface area (Å²) in [7, 11) is 1.14.